The molecule has 1 aromatic rings. The molecule has 0 heterocycles. The highest BCUT2D eigenvalue weighted by molar-refractivity contribution is 6.24. The molecule has 0 saturated carbocycles. The van der Waals surface area contributed by atoms with Gasteiger partial charge in [-0.1, -0.05) is 12.1 Å². The van der Waals surface area contributed by atoms with E-state index in [1.54, 1.807) is 19.1 Å². The Morgan fingerprint density at radius 3 is 2.18 bits per heavy atom. The topological polar surface area (TPSA) is 0 Å². The fourth-order valence-electron chi connectivity index (χ4n) is 0.797. The summed E-state index contributed by atoms with van der Waals surface area (Å²) in [4.78, 5) is -0.659. The smallest absolute Gasteiger partial charge is 0.123 e. The lowest BCUT2D eigenvalue weighted by molar-refractivity contribution is 0.626. The molecule has 0 spiro atoms. The molecule has 1 radical (unpaired) electrons. The van der Waals surface area contributed by atoms with Crippen LogP contribution in [0.3, 0.4) is 0 Å². The maximum absolute atomic E-state index is 12.4. The van der Waals surface area contributed by atoms with E-state index in [0.717, 1.165) is 5.56 Å². The zero-order valence-corrected chi connectivity index (χ0v) is 7.03. The molecule has 2 heteroatoms. The van der Waals surface area contributed by atoms with Crippen LogP contribution >= 0.6 is 11.6 Å². The van der Waals surface area contributed by atoms with E-state index in [4.69, 9.17) is 11.6 Å². The quantitative estimate of drug-likeness (QED) is 0.570. The van der Waals surface area contributed by atoms with Crippen LogP contribution in [0, 0.1) is 12.7 Å². The van der Waals surface area contributed by atoms with E-state index in [9.17, 15) is 4.39 Å². The van der Waals surface area contributed by atoms with Gasteiger partial charge < -0.3 is 0 Å². The molecule has 59 valence electrons. The van der Waals surface area contributed by atoms with Crippen molar-refractivity contribution < 1.29 is 4.39 Å². The molecular formula is C9H9ClF. The maximum atomic E-state index is 12.4. The third-order valence-electron chi connectivity index (χ3n) is 1.45. The number of alkyl halides is 1. The van der Waals surface area contributed by atoms with Crippen molar-refractivity contribution in [2.45, 2.75) is 11.8 Å². The van der Waals surface area contributed by atoms with Crippen LogP contribution in [0.25, 0.3) is 0 Å². The van der Waals surface area contributed by atoms with Gasteiger partial charge in [-0.2, -0.15) is 0 Å². The Morgan fingerprint density at radius 1 is 1.36 bits per heavy atom. The third kappa shape index (κ3) is 2.19. The van der Waals surface area contributed by atoms with Crippen LogP contribution in [-0.2, 0) is 4.87 Å². The van der Waals surface area contributed by atoms with Crippen molar-refractivity contribution in [3.05, 3.63) is 42.6 Å². The van der Waals surface area contributed by atoms with Gasteiger partial charge in [-0.15, -0.1) is 11.6 Å². The number of halogens is 2. The normalized spacial score (nSPS) is 11.6. The Bertz CT molecular complexity index is 233. The summed E-state index contributed by atoms with van der Waals surface area (Å²) in [6, 6.07) is 6.02. The molecule has 0 bridgehead atoms. The monoisotopic (exact) mass is 171 g/mol. The summed E-state index contributed by atoms with van der Waals surface area (Å²) in [6.07, 6.45) is 0. The summed E-state index contributed by atoms with van der Waals surface area (Å²) >= 11 is 5.88. The standard InChI is InChI=1S/C9H9ClF/c1-9(2,10)7-3-5-8(11)6-4-7/h3-6H,1H2,2H3. The average molecular weight is 172 g/mol. The second kappa shape index (κ2) is 2.82. The van der Waals surface area contributed by atoms with Crippen LogP contribution in [-0.4, -0.2) is 0 Å². The highest BCUT2D eigenvalue weighted by Gasteiger charge is 2.15. The van der Waals surface area contributed by atoms with Crippen LogP contribution in [0.2, 0.25) is 0 Å². The fraction of sp³-hybridized carbons (Fsp3) is 0.222. The van der Waals surface area contributed by atoms with E-state index < -0.39 is 4.87 Å². The minimum Gasteiger partial charge on any atom is -0.207 e. The minimum atomic E-state index is -0.659. The summed E-state index contributed by atoms with van der Waals surface area (Å²) < 4.78 is 12.4. The van der Waals surface area contributed by atoms with Gasteiger partial charge in [-0.05, 0) is 31.5 Å². The largest absolute Gasteiger partial charge is 0.207 e. The molecule has 1 unspecified atom stereocenters. The lowest BCUT2D eigenvalue weighted by Crippen LogP contribution is -2.07. The predicted octanol–water partition coefficient (Wildman–Crippen LogP) is 3.11. The second-order valence-corrected chi connectivity index (χ2v) is 3.54. The molecule has 0 N–H and O–H groups in total. The van der Waals surface area contributed by atoms with E-state index in [1.165, 1.54) is 12.1 Å². The third-order valence-corrected chi connectivity index (χ3v) is 1.66. The molecule has 0 aliphatic rings. The molecule has 0 aromatic heterocycles. The van der Waals surface area contributed by atoms with Crippen LogP contribution in [0.15, 0.2) is 24.3 Å². The van der Waals surface area contributed by atoms with E-state index in [0.29, 0.717) is 0 Å². The molecule has 1 aromatic carbocycles. The van der Waals surface area contributed by atoms with Crippen molar-refractivity contribution in [1.29, 1.82) is 0 Å². The Morgan fingerprint density at radius 2 is 1.82 bits per heavy atom. The van der Waals surface area contributed by atoms with Crippen LogP contribution in [0.4, 0.5) is 4.39 Å². The van der Waals surface area contributed by atoms with E-state index in [1.807, 2.05) is 0 Å². The molecule has 0 saturated heterocycles. The molecule has 0 amide bonds. The van der Waals surface area contributed by atoms with Gasteiger partial charge in [-0.3, -0.25) is 0 Å². The van der Waals surface area contributed by atoms with Gasteiger partial charge in [0.05, 0.1) is 4.87 Å². The van der Waals surface area contributed by atoms with Crippen molar-refractivity contribution >= 4 is 11.6 Å². The molecule has 11 heavy (non-hydrogen) atoms. The number of hydrogen-bond donors (Lipinski definition) is 0. The first-order chi connectivity index (χ1) is 5.00. The fourth-order valence-corrected chi connectivity index (χ4v) is 0.923. The molecule has 0 aliphatic carbocycles. The zero-order valence-electron chi connectivity index (χ0n) is 6.27. The molecule has 0 nitrogen and oxygen atoms in total. The highest BCUT2D eigenvalue weighted by atomic mass is 35.5. The Hall–Kier alpha value is -0.560. The van der Waals surface area contributed by atoms with Crippen molar-refractivity contribution in [2.24, 2.45) is 0 Å². The molecule has 0 fully saturated rings. The number of benzene rings is 1. The van der Waals surface area contributed by atoms with Crippen LogP contribution < -0.4 is 0 Å². The van der Waals surface area contributed by atoms with Crippen LogP contribution in [0.5, 0.6) is 0 Å². The second-order valence-electron chi connectivity index (χ2n) is 2.70. The van der Waals surface area contributed by atoms with E-state index in [2.05, 4.69) is 6.92 Å². The van der Waals surface area contributed by atoms with Crippen molar-refractivity contribution in [2.75, 3.05) is 0 Å². The lowest BCUT2D eigenvalue weighted by Gasteiger charge is -2.15. The van der Waals surface area contributed by atoms with Crippen LogP contribution in [0.1, 0.15) is 12.5 Å². The molecule has 0 aliphatic heterocycles. The van der Waals surface area contributed by atoms with Gasteiger partial charge in [0, 0.05) is 0 Å². The Kier molecular flexibility index (Phi) is 2.19. The summed E-state index contributed by atoms with van der Waals surface area (Å²) in [5, 5.41) is 0. The Labute approximate surface area is 71.0 Å². The predicted molar refractivity (Wildman–Crippen MR) is 45.0 cm³/mol. The number of rotatable bonds is 1. The highest BCUT2D eigenvalue weighted by Crippen LogP contribution is 2.26. The van der Waals surface area contributed by atoms with Crippen molar-refractivity contribution in [1.82, 2.24) is 0 Å². The first-order valence-corrected chi connectivity index (χ1v) is 3.68. The van der Waals surface area contributed by atoms with E-state index >= 15 is 0 Å². The summed E-state index contributed by atoms with van der Waals surface area (Å²) in [5.41, 5.74) is 0.820. The summed E-state index contributed by atoms with van der Waals surface area (Å²) in [5.74, 6) is -0.255. The summed E-state index contributed by atoms with van der Waals surface area (Å²) in [7, 11) is 0. The summed E-state index contributed by atoms with van der Waals surface area (Å²) in [6.45, 7) is 5.48. The molecule has 1 atom stereocenters. The maximum Gasteiger partial charge on any atom is 0.123 e. The van der Waals surface area contributed by atoms with Crippen molar-refractivity contribution in [3.8, 4) is 0 Å². The average Bonchev–Trinajstić information content (AvgIpc) is 1.86. The van der Waals surface area contributed by atoms with E-state index in [-0.39, 0.29) is 5.82 Å². The number of hydrogen-bond acceptors (Lipinski definition) is 0. The zero-order chi connectivity index (χ0) is 8.48. The van der Waals surface area contributed by atoms with Gasteiger partial charge >= 0.3 is 0 Å². The van der Waals surface area contributed by atoms with Gasteiger partial charge in [0.15, 0.2) is 0 Å². The molecular weight excluding hydrogens is 163 g/mol. The van der Waals surface area contributed by atoms with Gasteiger partial charge in [-0.25, -0.2) is 4.39 Å². The lowest BCUT2D eigenvalue weighted by atomic mass is 10.0. The van der Waals surface area contributed by atoms with Gasteiger partial charge in [0.25, 0.3) is 0 Å². The minimum absolute atomic E-state index is 0.255. The van der Waals surface area contributed by atoms with Gasteiger partial charge in [0.1, 0.15) is 5.82 Å². The Balaban J connectivity index is 2.99. The van der Waals surface area contributed by atoms with Gasteiger partial charge in [0.2, 0.25) is 0 Å². The first kappa shape index (κ1) is 8.54. The first-order valence-electron chi connectivity index (χ1n) is 3.30. The SMILES string of the molecule is [CH2]C(C)(Cl)c1ccc(F)cc1. The molecule has 1 rings (SSSR count). The van der Waals surface area contributed by atoms with Crippen molar-refractivity contribution in [3.63, 3.8) is 0 Å².